The number of hydrogen-bond donors (Lipinski definition) is 0. The first-order chi connectivity index (χ1) is 14.0. The summed E-state index contributed by atoms with van der Waals surface area (Å²) in [4.78, 5) is 17.4. The Labute approximate surface area is 167 Å². The van der Waals surface area contributed by atoms with Gasteiger partial charge in [-0.25, -0.2) is 13.6 Å². The molecule has 29 heavy (non-hydrogen) atoms. The van der Waals surface area contributed by atoms with E-state index in [1.54, 1.807) is 12.1 Å². The van der Waals surface area contributed by atoms with E-state index in [9.17, 15) is 13.6 Å². The zero-order valence-corrected chi connectivity index (χ0v) is 15.8. The van der Waals surface area contributed by atoms with Gasteiger partial charge in [-0.15, -0.1) is 0 Å². The van der Waals surface area contributed by atoms with Crippen molar-refractivity contribution in [2.75, 3.05) is 0 Å². The predicted octanol–water partition coefficient (Wildman–Crippen LogP) is 5.64. The minimum absolute atomic E-state index is 0.0733. The van der Waals surface area contributed by atoms with Crippen molar-refractivity contribution in [3.8, 4) is 0 Å². The van der Waals surface area contributed by atoms with Crippen molar-refractivity contribution in [3.63, 3.8) is 0 Å². The highest BCUT2D eigenvalue weighted by atomic mass is 19.1. The molecule has 0 bridgehead atoms. The molecule has 0 unspecified atom stereocenters. The maximum Gasteiger partial charge on any atom is 0.365 e. The molecule has 0 aliphatic heterocycles. The van der Waals surface area contributed by atoms with E-state index in [2.05, 4.69) is 29.4 Å². The largest absolute Gasteiger partial charge is 0.365 e. The Morgan fingerprint density at radius 3 is 2.00 bits per heavy atom. The summed E-state index contributed by atoms with van der Waals surface area (Å²) in [7, 11) is 0. The van der Waals surface area contributed by atoms with Crippen LogP contribution in [-0.2, 0) is 4.84 Å². The fraction of sp³-hybridized carbons (Fsp3) is 0.167. The molecule has 4 rings (SSSR count). The summed E-state index contributed by atoms with van der Waals surface area (Å²) in [6.45, 7) is 2.04. The number of hydrogen-bond acceptors (Lipinski definition) is 3. The standard InChI is InChI=1S/C24H19F2NO2/c1-15-2-4-16(5-3-15)21-14-22(21)23(17-6-10-19(25)11-7-17)27-29-24(28)18-8-12-20(26)13-9-18/h2-13,21-22H,14H2,1H3/b27-23-/t21-,22+/m1/s1. The molecule has 0 saturated heterocycles. The van der Waals surface area contributed by atoms with Gasteiger partial charge in [0.05, 0.1) is 11.3 Å². The monoisotopic (exact) mass is 391 g/mol. The average Bonchev–Trinajstić information content (AvgIpc) is 3.51. The first kappa shape index (κ1) is 19.0. The number of aryl methyl sites for hydroxylation is 1. The second-order valence-corrected chi connectivity index (χ2v) is 7.23. The molecule has 3 nitrogen and oxygen atoms in total. The van der Waals surface area contributed by atoms with Crippen molar-refractivity contribution in [2.24, 2.45) is 11.1 Å². The lowest BCUT2D eigenvalue weighted by Gasteiger charge is -2.07. The minimum atomic E-state index is -0.669. The second kappa shape index (κ2) is 7.95. The van der Waals surface area contributed by atoms with Gasteiger partial charge in [-0.1, -0.05) is 47.1 Å². The van der Waals surface area contributed by atoms with E-state index in [1.807, 2.05) is 6.92 Å². The molecule has 0 aromatic heterocycles. The van der Waals surface area contributed by atoms with Crippen LogP contribution in [0.1, 0.15) is 39.4 Å². The minimum Gasteiger partial charge on any atom is -0.313 e. The van der Waals surface area contributed by atoms with E-state index in [1.165, 1.54) is 47.5 Å². The SMILES string of the molecule is Cc1ccc([C@H]2C[C@@H]2/C(=N\OC(=O)c2ccc(F)cc2)c2ccc(F)cc2)cc1. The Morgan fingerprint density at radius 1 is 0.862 bits per heavy atom. The zero-order valence-electron chi connectivity index (χ0n) is 15.8. The van der Waals surface area contributed by atoms with Gasteiger partial charge < -0.3 is 4.84 Å². The van der Waals surface area contributed by atoms with Crippen LogP contribution < -0.4 is 0 Å². The van der Waals surface area contributed by atoms with Crippen LogP contribution >= 0.6 is 0 Å². The van der Waals surface area contributed by atoms with E-state index in [0.29, 0.717) is 11.3 Å². The van der Waals surface area contributed by atoms with E-state index in [4.69, 9.17) is 4.84 Å². The van der Waals surface area contributed by atoms with Crippen molar-refractivity contribution >= 4 is 11.7 Å². The smallest absolute Gasteiger partial charge is 0.313 e. The molecule has 0 heterocycles. The first-order valence-corrected chi connectivity index (χ1v) is 9.38. The molecule has 3 aromatic rings. The van der Waals surface area contributed by atoms with Gasteiger partial charge in [0.15, 0.2) is 0 Å². The molecule has 0 N–H and O–H groups in total. The molecule has 0 spiro atoms. The first-order valence-electron chi connectivity index (χ1n) is 9.38. The normalized spacial score (nSPS) is 18.4. The quantitative estimate of drug-likeness (QED) is 0.321. The number of carbonyl (C=O) groups excluding carboxylic acids is 1. The summed E-state index contributed by atoms with van der Waals surface area (Å²) in [5.41, 5.74) is 3.90. The van der Waals surface area contributed by atoms with Crippen molar-refractivity contribution in [2.45, 2.75) is 19.3 Å². The van der Waals surface area contributed by atoms with Crippen LogP contribution in [0.2, 0.25) is 0 Å². The number of nitrogens with zero attached hydrogens (tertiary/aromatic N) is 1. The molecule has 2 atom stereocenters. The van der Waals surface area contributed by atoms with Crippen molar-refractivity contribution in [1.82, 2.24) is 0 Å². The number of benzene rings is 3. The lowest BCUT2D eigenvalue weighted by molar-refractivity contribution is 0.0515. The molecule has 1 saturated carbocycles. The molecule has 0 radical (unpaired) electrons. The summed E-state index contributed by atoms with van der Waals surface area (Å²) in [6, 6.07) is 19.3. The zero-order chi connectivity index (χ0) is 20.4. The van der Waals surface area contributed by atoms with Gasteiger partial charge in [0, 0.05) is 5.92 Å². The maximum absolute atomic E-state index is 13.4. The van der Waals surface area contributed by atoms with Crippen LogP contribution in [-0.4, -0.2) is 11.7 Å². The highest BCUT2D eigenvalue weighted by Crippen LogP contribution is 2.49. The third-order valence-corrected chi connectivity index (χ3v) is 5.09. The van der Waals surface area contributed by atoms with Gasteiger partial charge in [-0.2, -0.15) is 0 Å². The average molecular weight is 391 g/mol. The Hall–Kier alpha value is -3.34. The van der Waals surface area contributed by atoms with Crippen LogP contribution in [0.15, 0.2) is 78.0 Å². The lowest BCUT2D eigenvalue weighted by atomic mass is 10.0. The summed E-state index contributed by atoms with van der Waals surface area (Å²) in [6.07, 6.45) is 0.868. The fourth-order valence-electron chi connectivity index (χ4n) is 3.36. The number of carbonyl (C=O) groups is 1. The van der Waals surface area contributed by atoms with E-state index < -0.39 is 11.8 Å². The molecule has 1 aliphatic rings. The molecule has 146 valence electrons. The third-order valence-electron chi connectivity index (χ3n) is 5.09. The molecule has 1 fully saturated rings. The van der Waals surface area contributed by atoms with Crippen molar-refractivity contribution < 1.29 is 18.4 Å². The molecular formula is C24H19F2NO2. The Bertz CT molecular complexity index is 1040. The Morgan fingerprint density at radius 2 is 1.41 bits per heavy atom. The van der Waals surface area contributed by atoms with Gasteiger partial charge in [0.1, 0.15) is 11.6 Å². The molecule has 1 aliphatic carbocycles. The van der Waals surface area contributed by atoms with Crippen LogP contribution in [0, 0.1) is 24.5 Å². The summed E-state index contributed by atoms with van der Waals surface area (Å²) in [5.74, 6) is -1.11. The van der Waals surface area contributed by atoms with Gasteiger partial charge in [-0.3, -0.25) is 0 Å². The number of halogens is 2. The lowest BCUT2D eigenvalue weighted by Crippen LogP contribution is -2.09. The highest BCUT2D eigenvalue weighted by molar-refractivity contribution is 6.04. The number of oxime groups is 1. The second-order valence-electron chi connectivity index (χ2n) is 7.23. The third kappa shape index (κ3) is 4.40. The van der Waals surface area contributed by atoms with E-state index in [0.717, 1.165) is 6.42 Å². The van der Waals surface area contributed by atoms with E-state index >= 15 is 0 Å². The van der Waals surface area contributed by atoms with Crippen molar-refractivity contribution in [1.29, 1.82) is 0 Å². The molecule has 0 amide bonds. The maximum atomic E-state index is 13.4. The van der Waals surface area contributed by atoms with Crippen LogP contribution in [0.25, 0.3) is 0 Å². The fourth-order valence-corrected chi connectivity index (χ4v) is 3.36. The van der Waals surface area contributed by atoms with Crippen molar-refractivity contribution in [3.05, 3.63) is 107 Å². The van der Waals surface area contributed by atoms with Gasteiger partial charge >= 0.3 is 5.97 Å². The topological polar surface area (TPSA) is 38.7 Å². The summed E-state index contributed by atoms with van der Waals surface area (Å²) < 4.78 is 26.4. The van der Waals surface area contributed by atoms with Gasteiger partial charge in [0.25, 0.3) is 0 Å². The van der Waals surface area contributed by atoms with Gasteiger partial charge in [0.2, 0.25) is 0 Å². The van der Waals surface area contributed by atoms with Crippen LogP contribution in [0.5, 0.6) is 0 Å². The molecular weight excluding hydrogens is 372 g/mol. The summed E-state index contributed by atoms with van der Waals surface area (Å²) >= 11 is 0. The molecule has 3 aromatic carbocycles. The Kier molecular flexibility index (Phi) is 5.21. The van der Waals surface area contributed by atoms with Crippen LogP contribution in [0.3, 0.4) is 0 Å². The summed E-state index contributed by atoms with van der Waals surface area (Å²) in [5, 5.41) is 4.13. The van der Waals surface area contributed by atoms with E-state index in [-0.39, 0.29) is 23.2 Å². The molecule has 5 heteroatoms. The Balaban J connectivity index is 1.58. The number of rotatable bonds is 5. The van der Waals surface area contributed by atoms with Crippen LogP contribution in [0.4, 0.5) is 8.78 Å². The predicted molar refractivity (Wildman–Crippen MR) is 107 cm³/mol. The van der Waals surface area contributed by atoms with Gasteiger partial charge in [-0.05, 0) is 66.8 Å². The highest BCUT2D eigenvalue weighted by Gasteiger charge is 2.43.